The van der Waals surface area contributed by atoms with Gasteiger partial charge in [0.25, 0.3) is 0 Å². The quantitative estimate of drug-likeness (QED) is 0.744. The molecule has 2 unspecified atom stereocenters. The molecule has 2 N–H and O–H groups in total. The minimum atomic E-state index is 0.620. The van der Waals surface area contributed by atoms with Crippen LogP contribution in [0.2, 0.25) is 0 Å². The van der Waals surface area contributed by atoms with E-state index in [2.05, 4.69) is 30.8 Å². The van der Waals surface area contributed by atoms with Crippen molar-refractivity contribution in [3.63, 3.8) is 0 Å². The molecule has 3 heteroatoms. The van der Waals surface area contributed by atoms with Gasteiger partial charge in [-0.15, -0.1) is 0 Å². The van der Waals surface area contributed by atoms with E-state index >= 15 is 0 Å². The van der Waals surface area contributed by atoms with Gasteiger partial charge in [-0.2, -0.15) is 0 Å². The van der Waals surface area contributed by atoms with Gasteiger partial charge in [0.1, 0.15) is 0 Å². The Hall–Kier alpha value is -0.120. The highest BCUT2D eigenvalue weighted by Gasteiger charge is 2.18. The summed E-state index contributed by atoms with van der Waals surface area (Å²) < 4.78 is 0. The fraction of sp³-hybridized carbons (Fsp3) is 1.00. The van der Waals surface area contributed by atoms with Gasteiger partial charge >= 0.3 is 0 Å². The second-order valence-electron chi connectivity index (χ2n) is 5.52. The largest absolute Gasteiger partial charge is 0.330 e. The van der Waals surface area contributed by atoms with E-state index in [1.165, 1.54) is 38.8 Å². The molecule has 0 aliphatic carbocycles. The molecule has 2 atom stereocenters. The number of rotatable bonds is 6. The minimum Gasteiger partial charge on any atom is -0.330 e. The van der Waals surface area contributed by atoms with Crippen LogP contribution in [0.25, 0.3) is 0 Å². The molecule has 0 radical (unpaired) electrons. The minimum absolute atomic E-state index is 0.620. The standard InChI is InChI=1S/C13H29N3/c1-12(10-14)11-15(2)9-7-13-6-4-5-8-16(13)3/h12-13H,4-11,14H2,1-3H3. The van der Waals surface area contributed by atoms with E-state index in [0.717, 1.165) is 19.1 Å². The first-order valence-corrected chi connectivity index (χ1v) is 6.72. The van der Waals surface area contributed by atoms with Crippen molar-refractivity contribution in [1.82, 2.24) is 9.80 Å². The number of nitrogens with zero attached hydrogens (tertiary/aromatic N) is 2. The Labute approximate surface area is 101 Å². The van der Waals surface area contributed by atoms with Crippen LogP contribution < -0.4 is 5.73 Å². The maximum atomic E-state index is 5.65. The highest BCUT2D eigenvalue weighted by atomic mass is 15.1. The van der Waals surface area contributed by atoms with E-state index in [-0.39, 0.29) is 0 Å². The maximum absolute atomic E-state index is 5.65. The van der Waals surface area contributed by atoms with E-state index in [0.29, 0.717) is 5.92 Å². The van der Waals surface area contributed by atoms with Gasteiger partial charge in [-0.25, -0.2) is 0 Å². The average molecular weight is 227 g/mol. The molecule has 1 heterocycles. The molecule has 1 saturated heterocycles. The molecule has 0 aromatic heterocycles. The number of hydrogen-bond acceptors (Lipinski definition) is 3. The Morgan fingerprint density at radius 2 is 2.19 bits per heavy atom. The lowest BCUT2D eigenvalue weighted by molar-refractivity contribution is 0.157. The number of likely N-dealkylation sites (tertiary alicyclic amines) is 1. The van der Waals surface area contributed by atoms with Crippen molar-refractivity contribution in [3.05, 3.63) is 0 Å². The van der Waals surface area contributed by atoms with Gasteiger partial charge in [-0.1, -0.05) is 13.3 Å². The van der Waals surface area contributed by atoms with E-state index in [1.807, 2.05) is 0 Å². The zero-order valence-corrected chi connectivity index (χ0v) is 11.3. The molecular weight excluding hydrogens is 198 g/mol. The SMILES string of the molecule is CC(CN)CN(C)CCC1CCCCN1C. The topological polar surface area (TPSA) is 32.5 Å². The molecule has 3 nitrogen and oxygen atoms in total. The summed E-state index contributed by atoms with van der Waals surface area (Å²) in [5, 5.41) is 0. The summed E-state index contributed by atoms with van der Waals surface area (Å²) in [6.45, 7) is 6.65. The smallest absolute Gasteiger partial charge is 0.0104 e. The highest BCUT2D eigenvalue weighted by Crippen LogP contribution is 2.17. The zero-order chi connectivity index (χ0) is 12.0. The fourth-order valence-electron chi connectivity index (χ4n) is 2.58. The molecule has 1 aliphatic rings. The van der Waals surface area contributed by atoms with E-state index in [1.54, 1.807) is 0 Å². The number of nitrogens with two attached hydrogens (primary N) is 1. The van der Waals surface area contributed by atoms with Crippen LogP contribution in [0.4, 0.5) is 0 Å². The molecular formula is C13H29N3. The van der Waals surface area contributed by atoms with Crippen molar-refractivity contribution >= 4 is 0 Å². The Morgan fingerprint density at radius 1 is 1.44 bits per heavy atom. The molecule has 0 spiro atoms. The highest BCUT2D eigenvalue weighted by molar-refractivity contribution is 4.75. The predicted octanol–water partition coefficient (Wildman–Crippen LogP) is 1.39. The van der Waals surface area contributed by atoms with Crippen LogP contribution >= 0.6 is 0 Å². The number of hydrogen-bond donors (Lipinski definition) is 1. The van der Waals surface area contributed by atoms with Crippen LogP contribution in [-0.2, 0) is 0 Å². The lowest BCUT2D eigenvalue weighted by Gasteiger charge is -2.33. The normalized spacial score (nSPS) is 24.9. The summed E-state index contributed by atoms with van der Waals surface area (Å²) >= 11 is 0. The first-order chi connectivity index (χ1) is 7.63. The van der Waals surface area contributed by atoms with Gasteiger partial charge in [0.15, 0.2) is 0 Å². The summed E-state index contributed by atoms with van der Waals surface area (Å²) in [6.07, 6.45) is 5.49. The fourth-order valence-corrected chi connectivity index (χ4v) is 2.58. The third-order valence-corrected chi connectivity index (χ3v) is 3.79. The third-order valence-electron chi connectivity index (χ3n) is 3.79. The van der Waals surface area contributed by atoms with Crippen molar-refractivity contribution in [2.24, 2.45) is 11.7 Å². The lowest BCUT2D eigenvalue weighted by Crippen LogP contribution is -2.39. The van der Waals surface area contributed by atoms with Crippen LogP contribution in [0, 0.1) is 5.92 Å². The molecule has 1 rings (SSSR count). The third kappa shape index (κ3) is 4.81. The van der Waals surface area contributed by atoms with Crippen molar-refractivity contribution in [2.45, 2.75) is 38.6 Å². The first kappa shape index (κ1) is 13.9. The van der Waals surface area contributed by atoms with Crippen LogP contribution in [0.1, 0.15) is 32.6 Å². The van der Waals surface area contributed by atoms with E-state index in [4.69, 9.17) is 5.73 Å². The van der Waals surface area contributed by atoms with Gasteiger partial charge in [0.05, 0.1) is 0 Å². The Morgan fingerprint density at radius 3 is 2.81 bits per heavy atom. The van der Waals surface area contributed by atoms with Crippen molar-refractivity contribution in [2.75, 3.05) is 40.3 Å². The zero-order valence-electron chi connectivity index (χ0n) is 11.3. The second kappa shape index (κ2) is 7.25. The Balaban J connectivity index is 2.17. The maximum Gasteiger partial charge on any atom is 0.0104 e. The monoisotopic (exact) mass is 227 g/mol. The lowest BCUT2D eigenvalue weighted by atomic mass is 10.00. The second-order valence-corrected chi connectivity index (χ2v) is 5.52. The predicted molar refractivity (Wildman–Crippen MR) is 70.6 cm³/mol. The molecule has 0 aromatic rings. The molecule has 96 valence electrons. The van der Waals surface area contributed by atoms with Crippen LogP contribution in [0.15, 0.2) is 0 Å². The van der Waals surface area contributed by atoms with Crippen molar-refractivity contribution in [3.8, 4) is 0 Å². The van der Waals surface area contributed by atoms with Crippen LogP contribution in [-0.4, -0.2) is 56.1 Å². The van der Waals surface area contributed by atoms with Crippen molar-refractivity contribution < 1.29 is 0 Å². The molecule has 0 amide bonds. The summed E-state index contributed by atoms with van der Waals surface area (Å²) in [5.41, 5.74) is 5.65. The van der Waals surface area contributed by atoms with Gasteiger partial charge in [0, 0.05) is 12.6 Å². The van der Waals surface area contributed by atoms with Crippen molar-refractivity contribution in [1.29, 1.82) is 0 Å². The Kier molecular flexibility index (Phi) is 6.32. The first-order valence-electron chi connectivity index (χ1n) is 6.72. The van der Waals surface area contributed by atoms with Crippen LogP contribution in [0.3, 0.4) is 0 Å². The Bertz CT molecular complexity index is 184. The molecule has 1 fully saturated rings. The van der Waals surface area contributed by atoms with Gasteiger partial charge in [-0.3, -0.25) is 0 Å². The summed E-state index contributed by atoms with van der Waals surface area (Å²) in [6, 6.07) is 0.810. The van der Waals surface area contributed by atoms with Gasteiger partial charge in [0.2, 0.25) is 0 Å². The van der Waals surface area contributed by atoms with Gasteiger partial charge < -0.3 is 15.5 Å². The molecule has 16 heavy (non-hydrogen) atoms. The molecule has 0 aromatic carbocycles. The van der Waals surface area contributed by atoms with E-state index in [9.17, 15) is 0 Å². The summed E-state index contributed by atoms with van der Waals surface area (Å²) in [5.74, 6) is 0.620. The molecule has 0 saturated carbocycles. The molecule has 1 aliphatic heterocycles. The average Bonchev–Trinajstić information content (AvgIpc) is 2.28. The number of piperidine rings is 1. The summed E-state index contributed by atoms with van der Waals surface area (Å²) in [7, 11) is 4.49. The van der Waals surface area contributed by atoms with E-state index < -0.39 is 0 Å². The summed E-state index contributed by atoms with van der Waals surface area (Å²) in [4.78, 5) is 4.96. The van der Waals surface area contributed by atoms with Gasteiger partial charge in [-0.05, 0) is 58.9 Å². The van der Waals surface area contributed by atoms with Crippen LogP contribution in [0.5, 0.6) is 0 Å². The molecule has 0 bridgehead atoms.